The van der Waals surface area contributed by atoms with Gasteiger partial charge < -0.3 is 14.5 Å². The molecule has 1 aromatic carbocycles. The van der Waals surface area contributed by atoms with E-state index in [0.29, 0.717) is 35.4 Å². The molecule has 0 spiro atoms. The molecule has 0 unspecified atom stereocenters. The first-order chi connectivity index (χ1) is 11.1. The third kappa shape index (κ3) is 6.48. The van der Waals surface area contributed by atoms with Crippen LogP contribution >= 0.6 is 23.2 Å². The number of benzene rings is 1. The van der Waals surface area contributed by atoms with Crippen molar-refractivity contribution in [2.24, 2.45) is 0 Å². The van der Waals surface area contributed by atoms with Gasteiger partial charge in [0.05, 0.1) is 6.26 Å². The summed E-state index contributed by atoms with van der Waals surface area (Å²) >= 11 is 11.9. The van der Waals surface area contributed by atoms with Gasteiger partial charge in [0.25, 0.3) is 0 Å². The van der Waals surface area contributed by atoms with Crippen LogP contribution in [0.1, 0.15) is 17.7 Å². The molecule has 0 aliphatic carbocycles. The Morgan fingerprint density at radius 2 is 2.17 bits per heavy atom. The summed E-state index contributed by atoms with van der Waals surface area (Å²) in [6.45, 7) is 1.52. The molecule has 0 atom stereocenters. The van der Waals surface area contributed by atoms with E-state index in [-0.39, 0.29) is 5.91 Å². The highest BCUT2D eigenvalue weighted by Crippen LogP contribution is 2.21. The van der Waals surface area contributed by atoms with Gasteiger partial charge in [-0.3, -0.25) is 4.79 Å². The SMILES string of the molecule is O=C(C=Cc1cc(Cl)ccc1Cl)NCCCOCc1ccco1. The Kier molecular flexibility index (Phi) is 7.20. The van der Waals surface area contributed by atoms with Gasteiger partial charge in [-0.15, -0.1) is 0 Å². The molecule has 1 N–H and O–H groups in total. The first kappa shape index (κ1) is 17.6. The normalized spacial score (nSPS) is 11.0. The monoisotopic (exact) mass is 353 g/mol. The molecule has 6 heteroatoms. The lowest BCUT2D eigenvalue weighted by Gasteiger charge is -2.03. The van der Waals surface area contributed by atoms with Crippen molar-refractivity contribution in [3.05, 3.63) is 64.0 Å². The number of hydrogen-bond donors (Lipinski definition) is 1. The van der Waals surface area contributed by atoms with Crippen LogP contribution in [0.2, 0.25) is 10.0 Å². The van der Waals surface area contributed by atoms with E-state index < -0.39 is 0 Å². The van der Waals surface area contributed by atoms with Crippen LogP contribution in [0.3, 0.4) is 0 Å². The standard InChI is InChI=1S/C17H17Cl2NO3/c18-14-5-6-16(19)13(11-14)4-7-17(21)20-8-2-9-22-12-15-3-1-10-23-15/h1,3-7,10-11H,2,8-9,12H2,(H,20,21). The summed E-state index contributed by atoms with van der Waals surface area (Å²) in [5, 5.41) is 3.89. The number of halogens is 2. The van der Waals surface area contributed by atoms with E-state index >= 15 is 0 Å². The Morgan fingerprint density at radius 1 is 1.30 bits per heavy atom. The van der Waals surface area contributed by atoms with E-state index in [9.17, 15) is 4.79 Å². The summed E-state index contributed by atoms with van der Waals surface area (Å²) in [5.41, 5.74) is 0.705. The van der Waals surface area contributed by atoms with Gasteiger partial charge in [-0.2, -0.15) is 0 Å². The maximum absolute atomic E-state index is 11.7. The molecule has 1 heterocycles. The molecule has 0 bridgehead atoms. The largest absolute Gasteiger partial charge is 0.467 e. The molecular weight excluding hydrogens is 337 g/mol. The number of furan rings is 1. The lowest BCUT2D eigenvalue weighted by Crippen LogP contribution is -2.23. The zero-order chi connectivity index (χ0) is 16.5. The van der Waals surface area contributed by atoms with Crippen LogP contribution in [0, 0.1) is 0 Å². The second-order valence-corrected chi connectivity index (χ2v) is 5.62. The van der Waals surface area contributed by atoms with E-state index in [1.807, 2.05) is 12.1 Å². The molecule has 0 saturated heterocycles. The summed E-state index contributed by atoms with van der Waals surface area (Å²) < 4.78 is 10.6. The number of nitrogens with one attached hydrogen (secondary N) is 1. The van der Waals surface area contributed by atoms with E-state index in [0.717, 1.165) is 12.2 Å². The lowest BCUT2D eigenvalue weighted by molar-refractivity contribution is -0.116. The second-order valence-electron chi connectivity index (χ2n) is 4.78. The summed E-state index contributed by atoms with van der Waals surface area (Å²) in [5.74, 6) is 0.599. The van der Waals surface area contributed by atoms with Crippen LogP contribution < -0.4 is 5.32 Å². The van der Waals surface area contributed by atoms with Crippen LogP contribution in [0.25, 0.3) is 6.08 Å². The molecule has 23 heavy (non-hydrogen) atoms. The highest BCUT2D eigenvalue weighted by molar-refractivity contribution is 6.34. The smallest absolute Gasteiger partial charge is 0.244 e. The van der Waals surface area contributed by atoms with E-state index in [1.165, 1.54) is 6.08 Å². The van der Waals surface area contributed by atoms with E-state index in [2.05, 4.69) is 5.32 Å². The predicted octanol–water partition coefficient (Wildman–Crippen LogP) is 4.32. The van der Waals surface area contributed by atoms with Gasteiger partial charge >= 0.3 is 0 Å². The van der Waals surface area contributed by atoms with Gasteiger partial charge in [0.1, 0.15) is 12.4 Å². The van der Waals surface area contributed by atoms with Crippen molar-refractivity contribution < 1.29 is 13.9 Å². The molecule has 2 rings (SSSR count). The van der Waals surface area contributed by atoms with Gasteiger partial charge in [0, 0.05) is 29.3 Å². The van der Waals surface area contributed by atoms with Crippen LogP contribution in [0.4, 0.5) is 0 Å². The number of carbonyl (C=O) groups is 1. The van der Waals surface area contributed by atoms with E-state index in [1.54, 1.807) is 30.5 Å². The van der Waals surface area contributed by atoms with Crippen molar-refractivity contribution in [3.8, 4) is 0 Å². The minimum atomic E-state index is -0.188. The minimum Gasteiger partial charge on any atom is -0.467 e. The highest BCUT2D eigenvalue weighted by Gasteiger charge is 2.00. The minimum absolute atomic E-state index is 0.188. The first-order valence-electron chi connectivity index (χ1n) is 7.16. The fourth-order valence-corrected chi connectivity index (χ4v) is 2.18. The van der Waals surface area contributed by atoms with Crippen LogP contribution in [-0.4, -0.2) is 19.1 Å². The van der Waals surface area contributed by atoms with Crippen molar-refractivity contribution in [3.63, 3.8) is 0 Å². The van der Waals surface area contributed by atoms with E-state index in [4.69, 9.17) is 32.4 Å². The Bertz CT molecular complexity index is 654. The summed E-state index contributed by atoms with van der Waals surface area (Å²) in [6.07, 6.45) is 5.40. The summed E-state index contributed by atoms with van der Waals surface area (Å²) in [4.78, 5) is 11.7. The zero-order valence-corrected chi connectivity index (χ0v) is 13.9. The Balaban J connectivity index is 1.63. The molecule has 0 fully saturated rings. The van der Waals surface area contributed by atoms with Crippen LogP contribution in [-0.2, 0) is 16.1 Å². The molecular formula is C17H17Cl2NO3. The fourth-order valence-electron chi connectivity index (χ4n) is 1.82. The highest BCUT2D eigenvalue weighted by atomic mass is 35.5. The molecule has 1 aromatic heterocycles. The van der Waals surface area contributed by atoms with Crippen LogP contribution in [0.5, 0.6) is 0 Å². The van der Waals surface area contributed by atoms with Crippen molar-refractivity contribution in [1.82, 2.24) is 5.32 Å². The number of hydrogen-bond acceptors (Lipinski definition) is 3. The third-order valence-electron chi connectivity index (χ3n) is 2.96. The van der Waals surface area contributed by atoms with Crippen molar-refractivity contribution in [1.29, 1.82) is 0 Å². The maximum Gasteiger partial charge on any atom is 0.244 e. The van der Waals surface area contributed by atoms with Gasteiger partial charge in [0.15, 0.2) is 0 Å². The molecule has 0 radical (unpaired) electrons. The molecule has 0 aliphatic heterocycles. The number of carbonyl (C=O) groups excluding carboxylic acids is 1. The molecule has 4 nitrogen and oxygen atoms in total. The van der Waals surface area contributed by atoms with Crippen molar-refractivity contribution in [2.75, 3.05) is 13.2 Å². The molecule has 122 valence electrons. The zero-order valence-electron chi connectivity index (χ0n) is 12.4. The van der Waals surface area contributed by atoms with Crippen LogP contribution in [0.15, 0.2) is 47.1 Å². The first-order valence-corrected chi connectivity index (χ1v) is 7.92. The quantitative estimate of drug-likeness (QED) is 0.567. The van der Waals surface area contributed by atoms with Gasteiger partial charge in [-0.25, -0.2) is 0 Å². The predicted molar refractivity (Wildman–Crippen MR) is 91.5 cm³/mol. The average Bonchev–Trinajstić information content (AvgIpc) is 3.05. The summed E-state index contributed by atoms with van der Waals surface area (Å²) in [6, 6.07) is 8.77. The van der Waals surface area contributed by atoms with Gasteiger partial charge in [-0.05, 0) is 48.4 Å². The number of rotatable bonds is 8. The molecule has 0 saturated carbocycles. The lowest BCUT2D eigenvalue weighted by atomic mass is 10.2. The maximum atomic E-state index is 11.7. The van der Waals surface area contributed by atoms with Gasteiger partial charge in [-0.1, -0.05) is 23.2 Å². The molecule has 0 aliphatic rings. The molecule has 2 aromatic rings. The topological polar surface area (TPSA) is 51.5 Å². The van der Waals surface area contributed by atoms with Gasteiger partial charge in [0.2, 0.25) is 5.91 Å². The average molecular weight is 354 g/mol. The second kappa shape index (κ2) is 9.40. The van der Waals surface area contributed by atoms with Crippen molar-refractivity contribution in [2.45, 2.75) is 13.0 Å². The number of amides is 1. The fraction of sp³-hybridized carbons (Fsp3) is 0.235. The van der Waals surface area contributed by atoms with Crippen molar-refractivity contribution >= 4 is 35.2 Å². The number of ether oxygens (including phenoxy) is 1. The third-order valence-corrected chi connectivity index (χ3v) is 3.54. The summed E-state index contributed by atoms with van der Waals surface area (Å²) in [7, 11) is 0. The Morgan fingerprint density at radius 3 is 2.96 bits per heavy atom. The Hall–Kier alpha value is -1.75. The molecule has 1 amide bonds. The Labute approximate surface area is 145 Å².